The first-order valence-corrected chi connectivity index (χ1v) is 19.8. The minimum absolute atomic E-state index is 0.588. The number of hydrogen-bond donors (Lipinski definition) is 0. The number of rotatable bonds is 7. The second kappa shape index (κ2) is 14.5. The Labute approximate surface area is 341 Å². The fourth-order valence-corrected chi connectivity index (χ4v) is 8.11. The molecule has 9 aromatic carbocycles. The molecule has 4 nitrogen and oxygen atoms in total. The van der Waals surface area contributed by atoms with Crippen LogP contribution in [0.15, 0.2) is 217 Å². The highest BCUT2D eigenvalue weighted by molar-refractivity contribution is 6.15. The molecule has 11 aromatic rings. The smallest absolute Gasteiger partial charge is 0.164 e. The summed E-state index contributed by atoms with van der Waals surface area (Å²) in [5.41, 5.74) is 13.5. The molecule has 2 heterocycles. The molecule has 0 saturated carbocycles. The average Bonchev–Trinajstić information content (AvgIpc) is 3.71. The van der Waals surface area contributed by atoms with Gasteiger partial charge in [0.25, 0.3) is 0 Å². The first kappa shape index (κ1) is 34.3. The van der Waals surface area contributed by atoms with Crippen molar-refractivity contribution in [1.82, 2.24) is 15.0 Å². The minimum atomic E-state index is 0.588. The van der Waals surface area contributed by atoms with Crippen LogP contribution in [-0.2, 0) is 0 Å². The molecule has 0 atom stereocenters. The number of benzene rings is 9. The molecule has 0 aliphatic rings. The topological polar surface area (TPSA) is 51.8 Å². The maximum atomic E-state index is 6.71. The maximum absolute atomic E-state index is 6.71. The Kier molecular flexibility index (Phi) is 8.45. The number of hydrogen-bond acceptors (Lipinski definition) is 4. The molecule has 0 saturated heterocycles. The normalized spacial score (nSPS) is 11.4. The lowest BCUT2D eigenvalue weighted by Gasteiger charge is -2.11. The quantitative estimate of drug-likeness (QED) is 0.163. The molecule has 59 heavy (non-hydrogen) atoms. The van der Waals surface area contributed by atoms with E-state index in [1.165, 1.54) is 27.6 Å². The van der Waals surface area contributed by atoms with E-state index in [1.54, 1.807) is 0 Å². The molecule has 0 fully saturated rings. The Morgan fingerprint density at radius 2 is 0.746 bits per heavy atom. The summed E-state index contributed by atoms with van der Waals surface area (Å²) >= 11 is 0. The molecule has 0 N–H and O–H groups in total. The van der Waals surface area contributed by atoms with E-state index in [1.807, 2.05) is 24.3 Å². The van der Waals surface area contributed by atoms with Gasteiger partial charge in [0.15, 0.2) is 17.5 Å². The van der Waals surface area contributed by atoms with Crippen molar-refractivity contribution < 1.29 is 4.42 Å². The zero-order valence-corrected chi connectivity index (χ0v) is 32.0. The molecule has 11 rings (SSSR count). The van der Waals surface area contributed by atoms with Crippen LogP contribution in [0.4, 0.5) is 0 Å². The summed E-state index contributed by atoms with van der Waals surface area (Å²) in [7, 11) is 0. The van der Waals surface area contributed by atoms with E-state index in [0.29, 0.717) is 17.5 Å². The second-order valence-electron chi connectivity index (χ2n) is 14.8. The summed E-state index contributed by atoms with van der Waals surface area (Å²) in [5, 5.41) is 4.28. The van der Waals surface area contributed by atoms with Crippen LogP contribution in [0.2, 0.25) is 0 Å². The van der Waals surface area contributed by atoms with Crippen LogP contribution in [-0.4, -0.2) is 15.0 Å². The molecule has 0 aliphatic carbocycles. The largest absolute Gasteiger partial charge is 0.455 e. The van der Waals surface area contributed by atoms with Gasteiger partial charge in [-0.15, -0.1) is 0 Å². The zero-order valence-electron chi connectivity index (χ0n) is 32.0. The van der Waals surface area contributed by atoms with Gasteiger partial charge in [-0.05, 0) is 61.8 Å². The molecule has 0 bridgehead atoms. The molecule has 0 amide bonds. The molecule has 276 valence electrons. The molecule has 0 spiro atoms. The average molecular weight is 754 g/mol. The summed E-state index contributed by atoms with van der Waals surface area (Å²) in [6.45, 7) is 0. The number of nitrogens with zero attached hydrogens (tertiary/aromatic N) is 3. The van der Waals surface area contributed by atoms with Crippen molar-refractivity contribution in [2.24, 2.45) is 0 Å². The van der Waals surface area contributed by atoms with Crippen LogP contribution in [0.25, 0.3) is 111 Å². The van der Waals surface area contributed by atoms with Gasteiger partial charge in [-0.2, -0.15) is 0 Å². The van der Waals surface area contributed by atoms with Gasteiger partial charge < -0.3 is 4.42 Å². The van der Waals surface area contributed by atoms with Crippen LogP contribution in [0.1, 0.15) is 0 Å². The van der Waals surface area contributed by atoms with E-state index in [4.69, 9.17) is 19.4 Å². The fourth-order valence-electron chi connectivity index (χ4n) is 8.11. The van der Waals surface area contributed by atoms with Crippen molar-refractivity contribution in [2.45, 2.75) is 0 Å². The van der Waals surface area contributed by atoms with Gasteiger partial charge in [-0.1, -0.05) is 200 Å². The van der Waals surface area contributed by atoms with Gasteiger partial charge >= 0.3 is 0 Å². The Morgan fingerprint density at radius 3 is 1.37 bits per heavy atom. The number of fused-ring (bicyclic) bond motifs is 4. The molecule has 0 radical (unpaired) electrons. The van der Waals surface area contributed by atoms with E-state index in [2.05, 4.69) is 188 Å². The lowest BCUT2D eigenvalue weighted by atomic mass is 9.98. The zero-order chi connectivity index (χ0) is 39.1. The summed E-state index contributed by atoms with van der Waals surface area (Å²) in [5.74, 6) is 1.80. The van der Waals surface area contributed by atoms with Gasteiger partial charge in [-0.25, -0.2) is 15.0 Å². The van der Waals surface area contributed by atoms with E-state index in [9.17, 15) is 0 Å². The van der Waals surface area contributed by atoms with Crippen LogP contribution in [0, 0.1) is 0 Å². The predicted octanol–water partition coefficient (Wildman–Crippen LogP) is 14.6. The summed E-state index contributed by atoms with van der Waals surface area (Å²) in [4.78, 5) is 15.5. The lowest BCUT2D eigenvalue weighted by Crippen LogP contribution is -2.00. The summed E-state index contributed by atoms with van der Waals surface area (Å²) in [6, 6.07) is 74.0. The lowest BCUT2D eigenvalue weighted by molar-refractivity contribution is 0.670. The van der Waals surface area contributed by atoms with Crippen molar-refractivity contribution in [3.63, 3.8) is 0 Å². The monoisotopic (exact) mass is 753 g/mol. The Hall–Kier alpha value is -7.95. The first-order valence-electron chi connectivity index (χ1n) is 19.8. The van der Waals surface area contributed by atoms with Gasteiger partial charge in [0.1, 0.15) is 11.2 Å². The van der Waals surface area contributed by atoms with E-state index >= 15 is 0 Å². The summed E-state index contributed by atoms with van der Waals surface area (Å²) < 4.78 is 6.71. The van der Waals surface area contributed by atoms with Crippen molar-refractivity contribution in [3.8, 4) is 78.7 Å². The second-order valence-corrected chi connectivity index (χ2v) is 14.8. The maximum Gasteiger partial charge on any atom is 0.164 e. The Morgan fingerprint density at radius 1 is 0.288 bits per heavy atom. The van der Waals surface area contributed by atoms with Gasteiger partial charge in [-0.3, -0.25) is 0 Å². The molecule has 4 heteroatoms. The Bertz CT molecular complexity index is 3280. The highest BCUT2D eigenvalue weighted by Crippen LogP contribution is 2.41. The minimum Gasteiger partial charge on any atom is -0.455 e. The van der Waals surface area contributed by atoms with Crippen molar-refractivity contribution >= 4 is 32.7 Å². The van der Waals surface area contributed by atoms with Crippen molar-refractivity contribution in [1.29, 1.82) is 0 Å². The van der Waals surface area contributed by atoms with Gasteiger partial charge in [0.2, 0.25) is 0 Å². The van der Waals surface area contributed by atoms with Crippen LogP contribution in [0.5, 0.6) is 0 Å². The molecule has 0 unspecified atom stereocenters. The standard InChI is InChI=1S/C55H35N3O/c1-3-11-36(12-4-1)39-21-23-41(24-22-39)42-27-32-44(33-28-42)53-56-54(46-34-29-38-15-7-8-16-45(38)35-46)58-55(57-53)49-19-10-20-50-51(49)48-18-9-17-47(52(48)59-50)43-30-25-40(26-31-43)37-13-5-2-6-14-37/h1-35H. The van der Waals surface area contributed by atoms with Crippen molar-refractivity contribution in [2.75, 3.05) is 0 Å². The highest BCUT2D eigenvalue weighted by Gasteiger charge is 2.20. The van der Waals surface area contributed by atoms with Crippen LogP contribution in [0.3, 0.4) is 0 Å². The Balaban J connectivity index is 1.02. The fraction of sp³-hybridized carbons (Fsp3) is 0. The van der Waals surface area contributed by atoms with E-state index < -0.39 is 0 Å². The third-order valence-electron chi connectivity index (χ3n) is 11.2. The van der Waals surface area contributed by atoms with Gasteiger partial charge in [0, 0.05) is 33.0 Å². The van der Waals surface area contributed by atoms with Gasteiger partial charge in [0.05, 0.1) is 0 Å². The summed E-state index contributed by atoms with van der Waals surface area (Å²) in [6.07, 6.45) is 0. The molecule has 2 aromatic heterocycles. The molecule has 0 aliphatic heterocycles. The molecular weight excluding hydrogens is 719 g/mol. The predicted molar refractivity (Wildman–Crippen MR) is 243 cm³/mol. The highest BCUT2D eigenvalue weighted by atomic mass is 16.3. The molecular formula is C55H35N3O. The third-order valence-corrected chi connectivity index (χ3v) is 11.2. The SMILES string of the molecule is c1ccc(-c2ccc(-c3ccc(-c4nc(-c5ccc6ccccc6c5)nc(-c5cccc6oc7c(-c8ccc(-c9ccccc9)cc8)cccc7c56)n4)cc3)cc2)cc1. The van der Waals surface area contributed by atoms with Crippen LogP contribution >= 0.6 is 0 Å². The number of aromatic nitrogens is 3. The number of furan rings is 1. The first-order chi connectivity index (χ1) is 29.2. The van der Waals surface area contributed by atoms with Crippen molar-refractivity contribution in [3.05, 3.63) is 212 Å². The number of para-hydroxylation sites is 1. The van der Waals surface area contributed by atoms with Crippen LogP contribution < -0.4 is 0 Å². The van der Waals surface area contributed by atoms with E-state index in [-0.39, 0.29) is 0 Å². The van der Waals surface area contributed by atoms with E-state index in [0.717, 1.165) is 66.3 Å². The third kappa shape index (κ3) is 6.43.